The number of halogens is 1. The van der Waals surface area contributed by atoms with Crippen LogP contribution in [0.3, 0.4) is 0 Å². The van der Waals surface area contributed by atoms with Crippen molar-refractivity contribution in [2.75, 3.05) is 19.7 Å². The summed E-state index contributed by atoms with van der Waals surface area (Å²) in [4.78, 5) is 0.195. The molecule has 0 radical (unpaired) electrons. The normalized spacial score (nSPS) is 20.6. The van der Waals surface area contributed by atoms with E-state index in [1.807, 2.05) is 13.8 Å². The molecule has 8 heteroatoms. The third-order valence-electron chi connectivity index (χ3n) is 3.08. The minimum atomic E-state index is -3.59. The van der Waals surface area contributed by atoms with Crippen molar-refractivity contribution in [3.05, 3.63) is 11.4 Å². The van der Waals surface area contributed by atoms with Crippen LogP contribution in [-0.2, 0) is 20.6 Å². The second-order valence-corrected chi connectivity index (χ2v) is 7.35. The first kappa shape index (κ1) is 14.8. The molecule has 1 aliphatic rings. The third-order valence-corrected chi connectivity index (χ3v) is 5.38. The Balaban J connectivity index is 2.39. The van der Waals surface area contributed by atoms with Crippen molar-refractivity contribution in [2.24, 2.45) is 0 Å². The number of rotatable bonds is 3. The fourth-order valence-electron chi connectivity index (χ4n) is 2.21. The van der Waals surface area contributed by atoms with E-state index in [0.717, 1.165) is 0 Å². The first-order chi connectivity index (χ1) is 8.78. The Morgan fingerprint density at radius 3 is 2.79 bits per heavy atom. The number of aryl methyl sites for hydroxylation is 1. The smallest absolute Gasteiger partial charge is 0.246 e. The van der Waals surface area contributed by atoms with Crippen LogP contribution in [0.15, 0.2) is 4.90 Å². The summed E-state index contributed by atoms with van der Waals surface area (Å²) in [5.74, 6) is 0.0621. The zero-order chi connectivity index (χ0) is 14.3. The van der Waals surface area contributed by atoms with Crippen molar-refractivity contribution < 1.29 is 13.2 Å². The van der Waals surface area contributed by atoms with Crippen molar-refractivity contribution in [3.8, 4) is 0 Å². The van der Waals surface area contributed by atoms with E-state index >= 15 is 0 Å². The van der Waals surface area contributed by atoms with Gasteiger partial charge in [-0.3, -0.25) is 5.10 Å². The highest BCUT2D eigenvalue weighted by Gasteiger charge is 2.37. The van der Waals surface area contributed by atoms with Crippen LogP contribution in [0.25, 0.3) is 0 Å². The number of aromatic amines is 1. The summed E-state index contributed by atoms with van der Waals surface area (Å²) < 4.78 is 32.4. The standard InChI is InChI=1S/C11H18ClN3O3S/c1-8-10(9(6-12)14-13-8)19(16,17)15-4-5-18-11(2,3)7-15/h4-7H2,1-3H3,(H,13,14). The number of nitrogens with one attached hydrogen (secondary N) is 1. The molecular formula is C11H18ClN3O3S. The molecule has 1 aliphatic heterocycles. The molecule has 0 bridgehead atoms. The third kappa shape index (κ3) is 2.79. The van der Waals surface area contributed by atoms with Crippen LogP contribution in [0.4, 0.5) is 0 Å². The SMILES string of the molecule is Cc1[nH]nc(CCl)c1S(=O)(=O)N1CCOC(C)(C)C1. The van der Waals surface area contributed by atoms with E-state index in [-0.39, 0.29) is 10.8 Å². The molecule has 1 saturated heterocycles. The molecule has 0 amide bonds. The highest BCUT2D eigenvalue weighted by Crippen LogP contribution is 2.27. The van der Waals surface area contributed by atoms with Gasteiger partial charge in [-0.15, -0.1) is 11.6 Å². The van der Waals surface area contributed by atoms with Crippen LogP contribution in [0.2, 0.25) is 0 Å². The summed E-state index contributed by atoms with van der Waals surface area (Å²) in [7, 11) is -3.59. The Morgan fingerprint density at radius 2 is 2.21 bits per heavy atom. The highest BCUT2D eigenvalue weighted by atomic mass is 35.5. The summed E-state index contributed by atoms with van der Waals surface area (Å²) in [6.07, 6.45) is 0. The number of alkyl halides is 1. The molecule has 19 heavy (non-hydrogen) atoms. The van der Waals surface area contributed by atoms with Gasteiger partial charge in [-0.05, 0) is 20.8 Å². The number of morpholine rings is 1. The summed E-state index contributed by atoms with van der Waals surface area (Å²) in [6, 6.07) is 0. The van der Waals surface area contributed by atoms with E-state index in [9.17, 15) is 8.42 Å². The lowest BCUT2D eigenvalue weighted by Crippen LogP contribution is -2.50. The number of hydrogen-bond acceptors (Lipinski definition) is 4. The Labute approximate surface area is 118 Å². The van der Waals surface area contributed by atoms with Gasteiger partial charge in [0.25, 0.3) is 0 Å². The lowest BCUT2D eigenvalue weighted by Gasteiger charge is -2.37. The van der Waals surface area contributed by atoms with Crippen LogP contribution < -0.4 is 0 Å². The molecule has 0 spiro atoms. The van der Waals surface area contributed by atoms with Gasteiger partial charge >= 0.3 is 0 Å². The Kier molecular flexibility index (Phi) is 3.92. The van der Waals surface area contributed by atoms with Crippen molar-refractivity contribution >= 4 is 21.6 Å². The minimum absolute atomic E-state index is 0.0621. The van der Waals surface area contributed by atoms with Crippen LogP contribution in [0.1, 0.15) is 25.2 Å². The largest absolute Gasteiger partial charge is 0.373 e. The number of aromatic nitrogens is 2. The van der Waals surface area contributed by atoms with Crippen LogP contribution >= 0.6 is 11.6 Å². The summed E-state index contributed by atoms with van der Waals surface area (Å²) in [5.41, 5.74) is 0.396. The highest BCUT2D eigenvalue weighted by molar-refractivity contribution is 7.89. The van der Waals surface area contributed by atoms with Crippen molar-refractivity contribution in [1.82, 2.24) is 14.5 Å². The molecule has 1 aromatic heterocycles. The average Bonchev–Trinajstić information content (AvgIpc) is 2.69. The minimum Gasteiger partial charge on any atom is -0.373 e. The fraction of sp³-hybridized carbons (Fsp3) is 0.727. The maximum Gasteiger partial charge on any atom is 0.246 e. The van der Waals surface area contributed by atoms with Crippen molar-refractivity contribution in [2.45, 2.75) is 37.1 Å². The molecule has 0 saturated carbocycles. The molecule has 0 aromatic carbocycles. The first-order valence-corrected chi connectivity index (χ1v) is 7.99. The van der Waals surface area contributed by atoms with E-state index in [4.69, 9.17) is 16.3 Å². The van der Waals surface area contributed by atoms with Gasteiger partial charge in [0.05, 0.1) is 29.5 Å². The molecule has 2 heterocycles. The van der Waals surface area contributed by atoms with E-state index in [1.54, 1.807) is 6.92 Å². The van der Waals surface area contributed by atoms with Crippen LogP contribution in [0.5, 0.6) is 0 Å². The number of ether oxygens (including phenoxy) is 1. The van der Waals surface area contributed by atoms with E-state index in [0.29, 0.717) is 31.1 Å². The first-order valence-electron chi connectivity index (χ1n) is 6.02. The van der Waals surface area contributed by atoms with Crippen molar-refractivity contribution in [3.63, 3.8) is 0 Å². The topological polar surface area (TPSA) is 75.3 Å². The molecule has 1 N–H and O–H groups in total. The predicted octanol–water partition coefficient (Wildman–Crippen LogP) is 1.26. The van der Waals surface area contributed by atoms with E-state index in [2.05, 4.69) is 10.2 Å². The number of nitrogens with zero attached hydrogens (tertiary/aromatic N) is 2. The van der Waals surface area contributed by atoms with Gasteiger partial charge < -0.3 is 4.74 Å². The summed E-state index contributed by atoms with van der Waals surface area (Å²) >= 11 is 5.76. The van der Waals surface area contributed by atoms with Gasteiger partial charge in [-0.2, -0.15) is 9.40 Å². The summed E-state index contributed by atoms with van der Waals surface area (Å²) in [6.45, 7) is 6.49. The molecule has 0 atom stereocenters. The molecule has 0 unspecified atom stereocenters. The fourth-order valence-corrected chi connectivity index (χ4v) is 4.38. The van der Waals surface area contributed by atoms with Crippen LogP contribution in [0, 0.1) is 6.92 Å². The Hall–Kier alpha value is -0.630. The van der Waals surface area contributed by atoms with Crippen molar-refractivity contribution in [1.29, 1.82) is 0 Å². The lowest BCUT2D eigenvalue weighted by atomic mass is 10.1. The lowest BCUT2D eigenvalue weighted by molar-refractivity contribution is -0.0640. The molecule has 2 rings (SSSR count). The van der Waals surface area contributed by atoms with Gasteiger partial charge in [0.2, 0.25) is 10.0 Å². The summed E-state index contributed by atoms with van der Waals surface area (Å²) in [5, 5.41) is 6.62. The zero-order valence-corrected chi connectivity index (χ0v) is 12.8. The monoisotopic (exact) mass is 307 g/mol. The van der Waals surface area contributed by atoms with Gasteiger partial charge in [0.1, 0.15) is 4.90 Å². The van der Waals surface area contributed by atoms with Gasteiger partial charge in [-0.1, -0.05) is 0 Å². The molecule has 1 aromatic rings. The van der Waals surface area contributed by atoms with E-state index < -0.39 is 15.6 Å². The zero-order valence-electron chi connectivity index (χ0n) is 11.2. The van der Waals surface area contributed by atoms with Gasteiger partial charge in [0.15, 0.2) is 0 Å². The predicted molar refractivity (Wildman–Crippen MR) is 71.7 cm³/mol. The van der Waals surface area contributed by atoms with E-state index in [1.165, 1.54) is 4.31 Å². The van der Waals surface area contributed by atoms with Crippen LogP contribution in [-0.4, -0.2) is 48.2 Å². The second-order valence-electron chi connectivity index (χ2n) is 5.20. The number of hydrogen-bond donors (Lipinski definition) is 1. The molecule has 6 nitrogen and oxygen atoms in total. The van der Waals surface area contributed by atoms with Gasteiger partial charge in [-0.25, -0.2) is 8.42 Å². The second kappa shape index (κ2) is 5.05. The Morgan fingerprint density at radius 1 is 1.53 bits per heavy atom. The molecule has 1 fully saturated rings. The molecule has 108 valence electrons. The quantitative estimate of drug-likeness (QED) is 0.853. The Bertz CT molecular complexity index is 568. The molecule has 0 aliphatic carbocycles. The maximum absolute atomic E-state index is 12.7. The van der Waals surface area contributed by atoms with Gasteiger partial charge in [0, 0.05) is 13.1 Å². The number of sulfonamides is 1. The average molecular weight is 308 g/mol. The maximum atomic E-state index is 12.7. The molecular weight excluding hydrogens is 290 g/mol. The number of H-pyrrole nitrogens is 1.